The molecule has 2 unspecified atom stereocenters. The van der Waals surface area contributed by atoms with E-state index in [1.54, 1.807) is 0 Å². The molecule has 2 saturated heterocycles. The van der Waals surface area contributed by atoms with Gasteiger partial charge in [-0.1, -0.05) is 24.6 Å². The summed E-state index contributed by atoms with van der Waals surface area (Å²) in [6.07, 6.45) is 5.53. The minimum atomic E-state index is 0.412. The van der Waals surface area contributed by atoms with Crippen molar-refractivity contribution in [2.24, 2.45) is 0 Å². The summed E-state index contributed by atoms with van der Waals surface area (Å²) < 4.78 is 0. The van der Waals surface area contributed by atoms with Crippen LogP contribution >= 0.6 is 0 Å². The van der Waals surface area contributed by atoms with Crippen LogP contribution in [0.2, 0.25) is 0 Å². The van der Waals surface area contributed by atoms with Gasteiger partial charge in [0.2, 0.25) is 0 Å². The van der Waals surface area contributed by atoms with Gasteiger partial charge < -0.3 is 10.2 Å². The van der Waals surface area contributed by atoms with Crippen molar-refractivity contribution in [2.45, 2.75) is 44.7 Å². The third-order valence-corrected chi connectivity index (χ3v) is 5.25. The van der Waals surface area contributed by atoms with E-state index in [1.807, 2.05) is 7.05 Å². The molecule has 2 heterocycles. The topological polar surface area (TPSA) is 18.5 Å². The van der Waals surface area contributed by atoms with Crippen LogP contribution < -0.4 is 10.2 Å². The zero-order valence-corrected chi connectivity index (χ0v) is 13.5. The van der Waals surface area contributed by atoms with E-state index in [1.165, 1.54) is 63.1 Å². The molecule has 1 N–H and O–H groups in total. The maximum absolute atomic E-state index is 3.38. The number of piperidine rings is 1. The fraction of sp³-hybridized carbons (Fsp3) is 0.667. The average molecular weight is 287 g/mol. The van der Waals surface area contributed by atoms with Crippen LogP contribution in [0.5, 0.6) is 0 Å². The standard InChI is InChI=1S/C18H29N3/c1-15(19-2)17-8-4-5-9-18(17)21-13-10-16(14-21)20-11-6-3-7-12-20/h4-5,8-9,15-16,19H,3,6-7,10-14H2,1-2H3. The molecule has 2 aliphatic heterocycles. The van der Waals surface area contributed by atoms with E-state index < -0.39 is 0 Å². The molecule has 3 nitrogen and oxygen atoms in total. The van der Waals surface area contributed by atoms with Gasteiger partial charge in [0.05, 0.1) is 0 Å². The van der Waals surface area contributed by atoms with Crippen molar-refractivity contribution in [3.8, 4) is 0 Å². The van der Waals surface area contributed by atoms with Crippen LogP contribution in [0.4, 0.5) is 5.69 Å². The molecule has 0 aromatic heterocycles. The molecule has 3 rings (SSSR count). The molecule has 0 radical (unpaired) electrons. The third kappa shape index (κ3) is 3.24. The van der Waals surface area contributed by atoms with Gasteiger partial charge >= 0.3 is 0 Å². The molecule has 0 aliphatic carbocycles. The van der Waals surface area contributed by atoms with Crippen molar-refractivity contribution in [3.63, 3.8) is 0 Å². The number of likely N-dealkylation sites (tertiary alicyclic amines) is 1. The summed E-state index contributed by atoms with van der Waals surface area (Å²) in [7, 11) is 2.04. The summed E-state index contributed by atoms with van der Waals surface area (Å²) >= 11 is 0. The normalized spacial score (nSPS) is 25.2. The van der Waals surface area contributed by atoms with Crippen molar-refractivity contribution in [1.29, 1.82) is 0 Å². The number of nitrogens with one attached hydrogen (secondary N) is 1. The van der Waals surface area contributed by atoms with Gasteiger partial charge in [-0.25, -0.2) is 0 Å². The minimum Gasteiger partial charge on any atom is -0.370 e. The number of hydrogen-bond acceptors (Lipinski definition) is 3. The van der Waals surface area contributed by atoms with Crippen molar-refractivity contribution in [2.75, 3.05) is 38.1 Å². The van der Waals surface area contributed by atoms with Crippen LogP contribution in [-0.2, 0) is 0 Å². The second-order valence-corrected chi connectivity index (χ2v) is 6.55. The average Bonchev–Trinajstić information content (AvgIpc) is 3.05. The molecule has 0 saturated carbocycles. The van der Waals surface area contributed by atoms with E-state index in [0.29, 0.717) is 6.04 Å². The first-order valence-electron chi connectivity index (χ1n) is 8.55. The van der Waals surface area contributed by atoms with Gasteiger partial charge in [-0.3, -0.25) is 4.90 Å². The van der Waals surface area contributed by atoms with Gasteiger partial charge in [-0.15, -0.1) is 0 Å². The largest absolute Gasteiger partial charge is 0.370 e. The molecule has 2 aliphatic rings. The van der Waals surface area contributed by atoms with E-state index in [2.05, 4.69) is 46.3 Å². The smallest absolute Gasteiger partial charge is 0.0415 e. The van der Waals surface area contributed by atoms with Gasteiger partial charge in [-0.05, 0) is 58.0 Å². The highest BCUT2D eigenvalue weighted by atomic mass is 15.3. The molecule has 0 amide bonds. The van der Waals surface area contributed by atoms with Crippen LogP contribution in [0.25, 0.3) is 0 Å². The van der Waals surface area contributed by atoms with E-state index in [0.717, 1.165) is 6.04 Å². The Morgan fingerprint density at radius 3 is 2.62 bits per heavy atom. The van der Waals surface area contributed by atoms with E-state index in [9.17, 15) is 0 Å². The Bertz CT molecular complexity index is 454. The van der Waals surface area contributed by atoms with Crippen LogP contribution in [0, 0.1) is 0 Å². The lowest BCUT2D eigenvalue weighted by Crippen LogP contribution is -2.41. The maximum Gasteiger partial charge on any atom is 0.0415 e. The molecule has 2 fully saturated rings. The second-order valence-electron chi connectivity index (χ2n) is 6.55. The molecule has 116 valence electrons. The van der Waals surface area contributed by atoms with E-state index >= 15 is 0 Å². The molecule has 0 spiro atoms. The zero-order chi connectivity index (χ0) is 14.7. The molecular formula is C18H29N3. The third-order valence-electron chi connectivity index (χ3n) is 5.25. The first kappa shape index (κ1) is 14.9. The Balaban J connectivity index is 1.71. The number of para-hydroxylation sites is 1. The molecular weight excluding hydrogens is 258 g/mol. The van der Waals surface area contributed by atoms with Crippen LogP contribution in [-0.4, -0.2) is 44.2 Å². The zero-order valence-electron chi connectivity index (χ0n) is 13.5. The number of benzene rings is 1. The van der Waals surface area contributed by atoms with Gasteiger partial charge in [0.15, 0.2) is 0 Å². The van der Waals surface area contributed by atoms with Crippen molar-refractivity contribution in [3.05, 3.63) is 29.8 Å². The summed E-state index contributed by atoms with van der Waals surface area (Å²) in [5, 5.41) is 3.38. The molecule has 1 aromatic rings. The Hall–Kier alpha value is -1.06. The maximum atomic E-state index is 3.38. The van der Waals surface area contributed by atoms with Gasteiger partial charge in [-0.2, -0.15) is 0 Å². The van der Waals surface area contributed by atoms with Crippen molar-refractivity contribution >= 4 is 5.69 Å². The summed E-state index contributed by atoms with van der Waals surface area (Å²) in [5.41, 5.74) is 2.86. The van der Waals surface area contributed by atoms with Crippen LogP contribution in [0.1, 0.15) is 44.2 Å². The first-order chi connectivity index (χ1) is 10.3. The lowest BCUT2D eigenvalue weighted by molar-refractivity contribution is 0.175. The predicted octanol–water partition coefficient (Wildman–Crippen LogP) is 3.03. The highest BCUT2D eigenvalue weighted by molar-refractivity contribution is 5.55. The Labute approximate surface area is 129 Å². The molecule has 1 aromatic carbocycles. The van der Waals surface area contributed by atoms with Crippen molar-refractivity contribution in [1.82, 2.24) is 10.2 Å². The lowest BCUT2D eigenvalue weighted by Gasteiger charge is -2.32. The Morgan fingerprint density at radius 2 is 1.86 bits per heavy atom. The molecule has 3 heteroatoms. The minimum absolute atomic E-state index is 0.412. The number of anilines is 1. The number of hydrogen-bond donors (Lipinski definition) is 1. The van der Waals surface area contributed by atoms with Crippen LogP contribution in [0.3, 0.4) is 0 Å². The lowest BCUT2D eigenvalue weighted by atomic mass is 10.1. The number of nitrogens with zero attached hydrogens (tertiary/aromatic N) is 2. The second kappa shape index (κ2) is 6.80. The van der Waals surface area contributed by atoms with Gasteiger partial charge in [0, 0.05) is 30.9 Å². The van der Waals surface area contributed by atoms with E-state index in [4.69, 9.17) is 0 Å². The Morgan fingerprint density at radius 1 is 1.10 bits per heavy atom. The molecule has 0 bridgehead atoms. The first-order valence-corrected chi connectivity index (χ1v) is 8.55. The quantitative estimate of drug-likeness (QED) is 0.918. The highest BCUT2D eigenvalue weighted by Crippen LogP contribution is 2.30. The molecule has 21 heavy (non-hydrogen) atoms. The summed E-state index contributed by atoms with van der Waals surface area (Å²) in [4.78, 5) is 5.33. The van der Waals surface area contributed by atoms with Crippen LogP contribution in [0.15, 0.2) is 24.3 Å². The number of rotatable bonds is 4. The monoisotopic (exact) mass is 287 g/mol. The summed E-state index contributed by atoms with van der Waals surface area (Å²) in [6, 6.07) is 10.1. The van der Waals surface area contributed by atoms with Crippen molar-refractivity contribution < 1.29 is 0 Å². The summed E-state index contributed by atoms with van der Waals surface area (Å²) in [5.74, 6) is 0. The Kier molecular flexibility index (Phi) is 4.81. The van der Waals surface area contributed by atoms with Gasteiger partial charge in [0.25, 0.3) is 0 Å². The highest BCUT2D eigenvalue weighted by Gasteiger charge is 2.29. The van der Waals surface area contributed by atoms with Gasteiger partial charge in [0.1, 0.15) is 0 Å². The fourth-order valence-corrected chi connectivity index (χ4v) is 3.84. The molecule has 2 atom stereocenters. The van der Waals surface area contributed by atoms with E-state index in [-0.39, 0.29) is 0 Å². The SMILES string of the molecule is CNC(C)c1ccccc1N1CCC(N2CCCCC2)C1. The predicted molar refractivity (Wildman–Crippen MR) is 90.0 cm³/mol. The fourth-order valence-electron chi connectivity index (χ4n) is 3.84. The summed E-state index contributed by atoms with van der Waals surface area (Å²) in [6.45, 7) is 7.28.